The molecule has 0 unspecified atom stereocenters. The summed E-state index contributed by atoms with van der Waals surface area (Å²) in [4.78, 5) is 10.3. The van der Waals surface area contributed by atoms with Crippen LogP contribution in [0, 0.1) is 0 Å². The number of nitrogens with one attached hydrogen (secondary N) is 1. The molecule has 11 heavy (non-hydrogen) atoms. The lowest BCUT2D eigenvalue weighted by molar-refractivity contribution is 0.0837. The highest BCUT2D eigenvalue weighted by atomic mass is 19.1. The van der Waals surface area contributed by atoms with Gasteiger partial charge in [-0.05, 0) is 12.1 Å². The zero-order valence-corrected chi connectivity index (χ0v) is 6.10. The molecule has 0 radical (unpaired) electrons. The Morgan fingerprint density at radius 1 is 1.45 bits per heavy atom. The van der Waals surface area contributed by atoms with E-state index in [1.165, 1.54) is 6.07 Å². The maximum absolute atomic E-state index is 12.2. The molecule has 0 amide bonds. The third-order valence-electron chi connectivity index (χ3n) is 1.41. The molecule has 0 aromatic heterocycles. The molecular formula is C8H8FNO. The third kappa shape index (κ3) is 1.55. The Morgan fingerprint density at radius 3 is 2.55 bits per heavy atom. The van der Waals surface area contributed by atoms with Crippen molar-refractivity contribution >= 4 is 11.7 Å². The van der Waals surface area contributed by atoms with Gasteiger partial charge in [0.25, 0.3) is 0 Å². The van der Waals surface area contributed by atoms with E-state index in [0.29, 0.717) is 5.69 Å². The van der Waals surface area contributed by atoms with Crippen LogP contribution in [0.25, 0.3) is 0 Å². The van der Waals surface area contributed by atoms with Gasteiger partial charge >= 0.3 is 6.04 Å². The van der Waals surface area contributed by atoms with Crippen LogP contribution in [0.1, 0.15) is 10.4 Å². The molecule has 1 rings (SSSR count). The van der Waals surface area contributed by atoms with E-state index in [9.17, 15) is 9.18 Å². The van der Waals surface area contributed by atoms with Crippen LogP contribution in [-0.2, 0) is 0 Å². The second-order valence-corrected chi connectivity index (χ2v) is 2.07. The Labute approximate surface area is 64.0 Å². The topological polar surface area (TPSA) is 29.1 Å². The van der Waals surface area contributed by atoms with Crippen LogP contribution in [0.3, 0.4) is 0 Å². The standard InChI is InChI=1S/C8H8FNO/c1-10-7-5-3-2-4-6(7)8(9)11/h2-5,10H,1H3. The second kappa shape index (κ2) is 3.14. The van der Waals surface area contributed by atoms with Crippen LogP contribution in [0.2, 0.25) is 0 Å². The number of anilines is 1. The smallest absolute Gasteiger partial charge is 0.334 e. The molecule has 0 aliphatic carbocycles. The highest BCUT2D eigenvalue weighted by molar-refractivity contribution is 5.94. The van der Waals surface area contributed by atoms with Crippen molar-refractivity contribution in [1.29, 1.82) is 0 Å². The zero-order chi connectivity index (χ0) is 8.27. The zero-order valence-electron chi connectivity index (χ0n) is 6.10. The van der Waals surface area contributed by atoms with Crippen LogP contribution < -0.4 is 5.32 Å². The van der Waals surface area contributed by atoms with Crippen LogP contribution >= 0.6 is 0 Å². The van der Waals surface area contributed by atoms with Gasteiger partial charge in [0.15, 0.2) is 0 Å². The molecular weight excluding hydrogens is 145 g/mol. The second-order valence-electron chi connectivity index (χ2n) is 2.07. The fourth-order valence-corrected chi connectivity index (χ4v) is 0.873. The molecule has 0 saturated carbocycles. The molecule has 3 heteroatoms. The number of halogens is 1. The fourth-order valence-electron chi connectivity index (χ4n) is 0.873. The number of benzene rings is 1. The lowest BCUT2D eigenvalue weighted by atomic mass is 10.2. The summed E-state index contributed by atoms with van der Waals surface area (Å²) in [5.41, 5.74) is 0.593. The van der Waals surface area contributed by atoms with Crippen molar-refractivity contribution in [2.24, 2.45) is 0 Å². The minimum absolute atomic E-state index is 0.0787. The Balaban J connectivity index is 3.12. The highest BCUT2D eigenvalue weighted by Crippen LogP contribution is 2.14. The van der Waals surface area contributed by atoms with Crippen molar-refractivity contribution < 1.29 is 9.18 Å². The molecule has 58 valence electrons. The van der Waals surface area contributed by atoms with E-state index in [2.05, 4.69) is 5.32 Å². The number of hydrogen-bond acceptors (Lipinski definition) is 2. The first-order chi connectivity index (χ1) is 5.25. The van der Waals surface area contributed by atoms with Crippen molar-refractivity contribution in [3.8, 4) is 0 Å². The minimum atomic E-state index is -1.41. The molecule has 0 atom stereocenters. The van der Waals surface area contributed by atoms with E-state index in [0.717, 1.165) is 0 Å². The molecule has 0 bridgehead atoms. The van der Waals surface area contributed by atoms with Crippen molar-refractivity contribution in [1.82, 2.24) is 0 Å². The van der Waals surface area contributed by atoms with Gasteiger partial charge in [0.05, 0.1) is 5.56 Å². The van der Waals surface area contributed by atoms with E-state index in [-0.39, 0.29) is 5.56 Å². The summed E-state index contributed by atoms with van der Waals surface area (Å²) in [5, 5.41) is 2.72. The lowest BCUT2D eigenvalue weighted by Gasteiger charge is -2.01. The van der Waals surface area contributed by atoms with Gasteiger partial charge in [-0.2, -0.15) is 4.39 Å². The molecule has 1 aromatic carbocycles. The molecule has 0 saturated heterocycles. The summed E-state index contributed by atoms with van der Waals surface area (Å²) in [6.07, 6.45) is 0. The summed E-state index contributed by atoms with van der Waals surface area (Å²) < 4.78 is 12.2. The number of hydrogen-bond donors (Lipinski definition) is 1. The van der Waals surface area contributed by atoms with E-state index < -0.39 is 6.04 Å². The van der Waals surface area contributed by atoms with Gasteiger partial charge in [0.2, 0.25) is 0 Å². The normalized spacial score (nSPS) is 9.27. The molecule has 1 N–H and O–H groups in total. The summed E-state index contributed by atoms with van der Waals surface area (Å²) in [5.74, 6) is 0. The van der Waals surface area contributed by atoms with E-state index in [1.54, 1.807) is 25.2 Å². The first kappa shape index (κ1) is 7.72. The fraction of sp³-hybridized carbons (Fsp3) is 0.125. The first-order valence-electron chi connectivity index (χ1n) is 3.22. The van der Waals surface area contributed by atoms with Gasteiger partial charge in [0, 0.05) is 12.7 Å². The van der Waals surface area contributed by atoms with Gasteiger partial charge in [-0.25, -0.2) is 0 Å². The first-order valence-corrected chi connectivity index (χ1v) is 3.22. The Morgan fingerprint density at radius 2 is 2.09 bits per heavy atom. The Kier molecular flexibility index (Phi) is 2.21. The minimum Gasteiger partial charge on any atom is -0.387 e. The van der Waals surface area contributed by atoms with Crippen molar-refractivity contribution in [2.45, 2.75) is 0 Å². The summed E-state index contributed by atoms with van der Waals surface area (Å²) in [7, 11) is 1.64. The van der Waals surface area contributed by atoms with Gasteiger partial charge in [-0.1, -0.05) is 12.1 Å². The summed E-state index contributed by atoms with van der Waals surface area (Å²) in [6, 6.07) is 5.03. The molecule has 0 aliphatic rings. The van der Waals surface area contributed by atoms with Crippen LogP contribution in [0.5, 0.6) is 0 Å². The predicted molar refractivity (Wildman–Crippen MR) is 41.4 cm³/mol. The van der Waals surface area contributed by atoms with Crippen LogP contribution in [0.4, 0.5) is 10.1 Å². The molecule has 0 fully saturated rings. The molecule has 0 aliphatic heterocycles. The lowest BCUT2D eigenvalue weighted by Crippen LogP contribution is -1.97. The van der Waals surface area contributed by atoms with Gasteiger partial charge in [-0.3, -0.25) is 4.79 Å². The average Bonchev–Trinajstić information content (AvgIpc) is 2.04. The maximum atomic E-state index is 12.2. The summed E-state index contributed by atoms with van der Waals surface area (Å²) in [6.45, 7) is 0. The largest absolute Gasteiger partial charge is 0.387 e. The van der Waals surface area contributed by atoms with Gasteiger partial charge in [0.1, 0.15) is 0 Å². The molecule has 0 spiro atoms. The maximum Gasteiger partial charge on any atom is 0.334 e. The monoisotopic (exact) mass is 153 g/mol. The van der Waals surface area contributed by atoms with Gasteiger partial charge in [-0.15, -0.1) is 0 Å². The molecule has 2 nitrogen and oxygen atoms in total. The number of carbonyl (C=O) groups is 1. The van der Waals surface area contributed by atoms with Crippen LogP contribution in [-0.4, -0.2) is 13.1 Å². The number of rotatable bonds is 2. The Bertz CT molecular complexity index is 273. The predicted octanol–water partition coefficient (Wildman–Crippen LogP) is 1.84. The SMILES string of the molecule is CNc1ccccc1C(=O)F. The van der Waals surface area contributed by atoms with Crippen molar-refractivity contribution in [3.05, 3.63) is 29.8 Å². The average molecular weight is 153 g/mol. The van der Waals surface area contributed by atoms with Crippen LogP contribution in [0.15, 0.2) is 24.3 Å². The van der Waals surface area contributed by atoms with Crippen molar-refractivity contribution in [2.75, 3.05) is 12.4 Å². The van der Waals surface area contributed by atoms with E-state index in [1.807, 2.05) is 0 Å². The highest BCUT2D eigenvalue weighted by Gasteiger charge is 2.06. The quantitative estimate of drug-likeness (QED) is 0.657. The number of para-hydroxylation sites is 1. The third-order valence-corrected chi connectivity index (χ3v) is 1.41. The van der Waals surface area contributed by atoms with E-state index >= 15 is 0 Å². The molecule has 0 heterocycles. The molecule has 1 aromatic rings. The van der Waals surface area contributed by atoms with Gasteiger partial charge < -0.3 is 5.32 Å². The number of carbonyl (C=O) groups excluding carboxylic acids is 1. The Hall–Kier alpha value is -1.38. The van der Waals surface area contributed by atoms with Crippen molar-refractivity contribution in [3.63, 3.8) is 0 Å². The summed E-state index contributed by atoms with van der Waals surface area (Å²) >= 11 is 0. The van der Waals surface area contributed by atoms with E-state index in [4.69, 9.17) is 0 Å².